The molecular weight excluding hydrogens is 809 g/mol. The van der Waals surface area contributed by atoms with Crippen molar-refractivity contribution >= 4 is 68.0 Å². The van der Waals surface area contributed by atoms with Gasteiger partial charge in [0.25, 0.3) is 0 Å². The van der Waals surface area contributed by atoms with Crippen molar-refractivity contribution in [1.82, 2.24) is 9.80 Å². The van der Waals surface area contributed by atoms with E-state index in [0.29, 0.717) is 5.56 Å². The SMILES string of the molecule is C.CN(C(=O)OC(C)(C)C)[C@@H](C1CCCCC1)C(C)(O)c1ccccc1.CN(C(=O)OC(C)(C)C)[C@H](C(=O)c1ccccc1)C1CCCCC1.S.S.[Br-].[CH3-].[Mg+2]. The topological polar surface area (TPSA) is 96.4 Å². The molecule has 0 heterocycles. The molecule has 2 aromatic rings. The predicted octanol–water partition coefficient (Wildman–Crippen LogP) is 7.33. The molecular formula is C43H73BrMgN2O6S2. The first-order valence-electron chi connectivity index (χ1n) is 18.2. The predicted molar refractivity (Wildman–Crippen MR) is 235 cm³/mol. The maximum atomic E-state index is 13.1. The van der Waals surface area contributed by atoms with Crippen LogP contribution in [-0.4, -0.2) is 93.3 Å². The van der Waals surface area contributed by atoms with Gasteiger partial charge in [-0.15, -0.1) is 0 Å². The number of aliphatic hydroxyl groups is 1. The quantitative estimate of drug-likeness (QED) is 0.170. The minimum atomic E-state index is -1.13. The van der Waals surface area contributed by atoms with Gasteiger partial charge in [0.1, 0.15) is 22.8 Å². The van der Waals surface area contributed by atoms with Crippen LogP contribution in [0.5, 0.6) is 0 Å². The zero-order valence-electron chi connectivity index (χ0n) is 34.6. The summed E-state index contributed by atoms with van der Waals surface area (Å²) in [5.74, 6) is 0.473. The van der Waals surface area contributed by atoms with E-state index in [4.69, 9.17) is 9.47 Å². The Morgan fingerprint density at radius 3 is 1.42 bits per heavy atom. The number of ketones is 1. The Morgan fingerprint density at radius 2 is 1.02 bits per heavy atom. The zero-order chi connectivity index (χ0) is 36.4. The molecule has 312 valence electrons. The van der Waals surface area contributed by atoms with Crippen LogP contribution in [0.4, 0.5) is 9.59 Å². The van der Waals surface area contributed by atoms with Crippen LogP contribution in [-0.2, 0) is 15.1 Å². The van der Waals surface area contributed by atoms with E-state index in [-0.39, 0.29) is 112 Å². The Balaban J connectivity index is -0.000000427. The molecule has 2 aromatic carbocycles. The van der Waals surface area contributed by atoms with Crippen LogP contribution in [0.3, 0.4) is 0 Å². The molecule has 2 amide bonds. The number of carbonyl (C=O) groups is 3. The van der Waals surface area contributed by atoms with Gasteiger partial charge in [0, 0.05) is 19.7 Å². The van der Waals surface area contributed by atoms with E-state index in [1.807, 2.05) is 109 Å². The summed E-state index contributed by atoms with van der Waals surface area (Å²) in [5, 5.41) is 11.5. The molecule has 2 saturated carbocycles. The monoisotopic (exact) mass is 880 g/mol. The van der Waals surface area contributed by atoms with Crippen LogP contribution in [0.25, 0.3) is 0 Å². The van der Waals surface area contributed by atoms with Crippen LogP contribution < -0.4 is 17.0 Å². The van der Waals surface area contributed by atoms with Crippen LogP contribution in [0.1, 0.15) is 136 Å². The van der Waals surface area contributed by atoms with Gasteiger partial charge < -0.3 is 48.8 Å². The number of nitrogens with zero attached hydrogens (tertiary/aromatic N) is 2. The average molecular weight is 882 g/mol. The molecule has 0 spiro atoms. The van der Waals surface area contributed by atoms with Crippen molar-refractivity contribution in [1.29, 1.82) is 0 Å². The van der Waals surface area contributed by atoms with Gasteiger partial charge in [0.05, 0.1) is 6.04 Å². The van der Waals surface area contributed by atoms with Crippen molar-refractivity contribution in [2.45, 2.75) is 149 Å². The summed E-state index contributed by atoms with van der Waals surface area (Å²) < 4.78 is 11.1. The van der Waals surface area contributed by atoms with Gasteiger partial charge in [-0.1, -0.05) is 107 Å². The van der Waals surface area contributed by atoms with E-state index in [1.165, 1.54) is 17.7 Å². The minimum absolute atomic E-state index is 0. The third-order valence-electron chi connectivity index (χ3n) is 9.65. The smallest absolute Gasteiger partial charge is 1.00 e. The fraction of sp³-hybridized carbons (Fsp3) is 0.628. The normalized spacial score (nSPS) is 16.5. The second kappa shape index (κ2) is 27.3. The first-order chi connectivity index (χ1) is 22.9. The molecule has 12 heteroatoms. The molecule has 0 aromatic heterocycles. The van der Waals surface area contributed by atoms with E-state index in [9.17, 15) is 19.5 Å². The summed E-state index contributed by atoms with van der Waals surface area (Å²) in [6, 6.07) is 18.1. The van der Waals surface area contributed by atoms with Crippen LogP contribution >= 0.6 is 27.0 Å². The van der Waals surface area contributed by atoms with Gasteiger partial charge in [-0.3, -0.25) is 4.79 Å². The molecule has 2 fully saturated rings. The summed E-state index contributed by atoms with van der Waals surface area (Å²) in [5.41, 5.74) is -0.765. The first kappa shape index (κ1) is 60.2. The number of amides is 2. The van der Waals surface area contributed by atoms with Crippen molar-refractivity contribution in [2.75, 3.05) is 14.1 Å². The van der Waals surface area contributed by atoms with Crippen molar-refractivity contribution in [3.8, 4) is 0 Å². The molecule has 2 aliphatic rings. The first-order valence-corrected chi connectivity index (χ1v) is 18.2. The number of ether oxygens (including phenoxy) is 2. The zero-order valence-corrected chi connectivity index (χ0v) is 39.6. The van der Waals surface area contributed by atoms with E-state index in [0.717, 1.165) is 56.9 Å². The summed E-state index contributed by atoms with van der Waals surface area (Å²) in [6.07, 6.45) is 10.2. The van der Waals surface area contributed by atoms with Gasteiger partial charge in [-0.05, 0) is 91.5 Å². The number of carbonyl (C=O) groups excluding carboxylic acids is 3. The maximum absolute atomic E-state index is 13.1. The fourth-order valence-electron chi connectivity index (χ4n) is 7.37. The third kappa shape index (κ3) is 18.8. The Kier molecular flexibility index (Phi) is 29.9. The molecule has 0 aliphatic heterocycles. The van der Waals surface area contributed by atoms with Crippen molar-refractivity contribution in [2.24, 2.45) is 11.8 Å². The van der Waals surface area contributed by atoms with E-state index >= 15 is 0 Å². The summed E-state index contributed by atoms with van der Waals surface area (Å²) in [6.45, 7) is 12.9. The van der Waals surface area contributed by atoms with Crippen molar-refractivity contribution < 1.29 is 45.9 Å². The molecule has 3 atom stereocenters. The largest absolute Gasteiger partial charge is 2.00 e. The van der Waals surface area contributed by atoms with E-state index in [2.05, 4.69) is 0 Å². The minimum Gasteiger partial charge on any atom is -1.00 e. The molecule has 1 unspecified atom stereocenters. The van der Waals surface area contributed by atoms with Crippen LogP contribution in [0.2, 0.25) is 0 Å². The second-order valence-electron chi connectivity index (χ2n) is 16.1. The summed E-state index contributed by atoms with van der Waals surface area (Å²) >= 11 is 0. The number of halogens is 1. The van der Waals surface area contributed by atoms with E-state index < -0.39 is 28.9 Å². The van der Waals surface area contributed by atoms with E-state index in [1.54, 1.807) is 19.0 Å². The van der Waals surface area contributed by atoms with Gasteiger partial charge in [-0.25, -0.2) is 9.59 Å². The van der Waals surface area contributed by atoms with Gasteiger partial charge in [0.2, 0.25) is 0 Å². The molecule has 2 aliphatic carbocycles. The summed E-state index contributed by atoms with van der Waals surface area (Å²) in [4.78, 5) is 41.5. The average Bonchev–Trinajstić information content (AvgIpc) is 3.05. The number of likely N-dealkylation sites (N-methyl/N-ethyl adjacent to an activating group) is 2. The second-order valence-corrected chi connectivity index (χ2v) is 16.1. The summed E-state index contributed by atoms with van der Waals surface area (Å²) in [7, 11) is 3.44. The van der Waals surface area contributed by atoms with Gasteiger partial charge in [-0.2, -0.15) is 27.0 Å². The molecule has 0 radical (unpaired) electrons. The molecule has 0 saturated heterocycles. The standard InChI is InChI=1S/C21H33NO3.C20H29NO3.CH4.CH3.BrH.Mg.2H2S/c1-20(2,3)25-19(23)22(5)18(16-12-8-6-9-13-16)21(4,24)17-14-10-7-11-15-17;1-20(2,3)24-19(23)21(4)17(15-11-7-5-8-12-15)18(22)16-13-9-6-10-14-16;;;;;;/h7,10-11,14-16,18,24H,6,8-9,12-13H2,1-5H3;6,9-10,13-15,17H,5,7-8,11-12H2,1-4H3;1H4;1H3;1H;;2*1H2/q;;;-1;;+2;;/p-1/t18-,21?;17-;;;;;;/m00....../s1. The Hall–Kier alpha value is -1.44. The molecule has 1 N–H and O–H groups in total. The number of hydrogen-bond donors (Lipinski definition) is 1. The fourth-order valence-corrected chi connectivity index (χ4v) is 7.37. The maximum Gasteiger partial charge on any atom is 2.00 e. The molecule has 0 bridgehead atoms. The number of benzene rings is 2. The molecule has 55 heavy (non-hydrogen) atoms. The van der Waals surface area contributed by atoms with Crippen molar-refractivity contribution in [3.63, 3.8) is 0 Å². The van der Waals surface area contributed by atoms with Crippen molar-refractivity contribution in [3.05, 3.63) is 79.2 Å². The van der Waals surface area contributed by atoms with Crippen LogP contribution in [0, 0.1) is 19.3 Å². The van der Waals surface area contributed by atoms with Gasteiger partial charge >= 0.3 is 35.2 Å². The number of rotatable bonds is 8. The Bertz CT molecular complexity index is 1350. The number of hydrogen-bond acceptors (Lipinski definition) is 6. The Morgan fingerprint density at radius 1 is 0.655 bits per heavy atom. The third-order valence-corrected chi connectivity index (χ3v) is 9.65. The molecule has 4 rings (SSSR count). The molecule has 8 nitrogen and oxygen atoms in total. The Labute approximate surface area is 375 Å². The van der Waals surface area contributed by atoms with Gasteiger partial charge in [0.15, 0.2) is 5.78 Å². The van der Waals surface area contributed by atoms with Crippen LogP contribution in [0.15, 0.2) is 60.7 Å². The number of Topliss-reactive ketones (excluding diaryl/α,β-unsaturated/α-hetero) is 1.